The van der Waals surface area contributed by atoms with Crippen molar-refractivity contribution < 1.29 is 13.5 Å². The van der Waals surface area contributed by atoms with Crippen molar-refractivity contribution in [3.05, 3.63) is 59.3 Å². The molecule has 1 aromatic heterocycles. The fourth-order valence-corrected chi connectivity index (χ4v) is 2.29. The lowest BCUT2D eigenvalue weighted by Crippen LogP contribution is -2.23. The van der Waals surface area contributed by atoms with Crippen molar-refractivity contribution in [2.45, 2.75) is 32.4 Å². The van der Waals surface area contributed by atoms with Gasteiger partial charge >= 0.3 is 0 Å². The molecule has 2 rings (SSSR count). The van der Waals surface area contributed by atoms with Crippen molar-refractivity contribution in [2.75, 3.05) is 13.7 Å². The molecule has 114 valence electrons. The highest BCUT2D eigenvalue weighted by Gasteiger charge is 2.16. The average Bonchev–Trinajstić information content (AvgIpc) is 2.92. The van der Waals surface area contributed by atoms with Crippen molar-refractivity contribution in [3.63, 3.8) is 0 Å². The van der Waals surface area contributed by atoms with Gasteiger partial charge in [-0.25, -0.2) is 4.39 Å². The second kappa shape index (κ2) is 7.96. The minimum absolute atomic E-state index is 0.0392. The Labute approximate surface area is 125 Å². The second-order valence-corrected chi connectivity index (χ2v) is 5.08. The molecule has 3 nitrogen and oxygen atoms in total. The van der Waals surface area contributed by atoms with E-state index in [2.05, 4.69) is 12.2 Å². The minimum Gasteiger partial charge on any atom is -0.462 e. The highest BCUT2D eigenvalue weighted by molar-refractivity contribution is 5.20. The van der Waals surface area contributed by atoms with Crippen LogP contribution in [-0.4, -0.2) is 13.7 Å². The monoisotopic (exact) mass is 291 g/mol. The summed E-state index contributed by atoms with van der Waals surface area (Å²) < 4.78 is 24.2. The Morgan fingerprint density at radius 1 is 1.29 bits per heavy atom. The molecule has 21 heavy (non-hydrogen) atoms. The smallest absolute Gasteiger partial charge is 0.129 e. The number of nitrogens with one attached hydrogen (secondary N) is 1. The highest BCUT2D eigenvalue weighted by atomic mass is 19.1. The molecule has 1 unspecified atom stereocenters. The first kappa shape index (κ1) is 15.7. The Balaban J connectivity index is 2.12. The lowest BCUT2D eigenvalue weighted by Gasteiger charge is -2.16. The maximum Gasteiger partial charge on any atom is 0.129 e. The molecule has 2 aromatic rings. The summed E-state index contributed by atoms with van der Waals surface area (Å²) in [4.78, 5) is 0. The Hall–Kier alpha value is -1.65. The number of halogens is 1. The zero-order chi connectivity index (χ0) is 15.1. The van der Waals surface area contributed by atoms with Gasteiger partial charge in [-0.15, -0.1) is 0 Å². The van der Waals surface area contributed by atoms with Gasteiger partial charge in [0, 0.05) is 7.11 Å². The topological polar surface area (TPSA) is 34.4 Å². The molecular formula is C17H22FNO2. The largest absolute Gasteiger partial charge is 0.462 e. The number of methoxy groups -OCH3 is 1. The van der Waals surface area contributed by atoms with Gasteiger partial charge in [-0.3, -0.25) is 0 Å². The van der Waals surface area contributed by atoms with E-state index in [4.69, 9.17) is 9.15 Å². The van der Waals surface area contributed by atoms with E-state index in [1.165, 1.54) is 6.07 Å². The first-order chi connectivity index (χ1) is 10.2. The van der Waals surface area contributed by atoms with Gasteiger partial charge in [0.25, 0.3) is 0 Å². The molecule has 0 saturated carbocycles. The van der Waals surface area contributed by atoms with Crippen LogP contribution in [0.2, 0.25) is 0 Å². The van der Waals surface area contributed by atoms with Gasteiger partial charge in [0.2, 0.25) is 0 Å². The van der Waals surface area contributed by atoms with Crippen molar-refractivity contribution in [1.82, 2.24) is 5.32 Å². The van der Waals surface area contributed by atoms with Gasteiger partial charge < -0.3 is 14.5 Å². The molecule has 0 aliphatic rings. The summed E-state index contributed by atoms with van der Waals surface area (Å²) in [6, 6.07) is 10.6. The molecule has 1 aromatic carbocycles. The molecule has 0 aliphatic carbocycles. The summed E-state index contributed by atoms with van der Waals surface area (Å²) in [6.07, 6.45) is 1.73. The molecule has 0 bridgehead atoms. The summed E-state index contributed by atoms with van der Waals surface area (Å²) >= 11 is 0. The van der Waals surface area contributed by atoms with Crippen LogP contribution in [0.4, 0.5) is 4.39 Å². The van der Waals surface area contributed by atoms with Crippen LogP contribution in [-0.2, 0) is 17.8 Å². The zero-order valence-electron chi connectivity index (χ0n) is 12.6. The molecular weight excluding hydrogens is 269 g/mol. The van der Waals surface area contributed by atoms with Crippen LogP contribution < -0.4 is 5.32 Å². The van der Waals surface area contributed by atoms with E-state index in [0.717, 1.165) is 30.0 Å². The first-order valence-electron chi connectivity index (χ1n) is 7.28. The third kappa shape index (κ3) is 4.69. The van der Waals surface area contributed by atoms with Crippen LogP contribution >= 0.6 is 0 Å². The molecule has 0 saturated heterocycles. The first-order valence-corrected chi connectivity index (χ1v) is 7.28. The van der Waals surface area contributed by atoms with E-state index in [9.17, 15) is 4.39 Å². The van der Waals surface area contributed by atoms with Gasteiger partial charge in [-0.1, -0.05) is 19.1 Å². The molecule has 0 aliphatic heterocycles. The third-order valence-electron chi connectivity index (χ3n) is 3.28. The summed E-state index contributed by atoms with van der Waals surface area (Å²) in [7, 11) is 1.64. The standard InChI is InChI=1S/C17H22FNO2/c1-3-9-19-16(11-13-5-4-6-14(18)10-13)17-8-7-15(21-17)12-20-2/h4-8,10,16,19H,3,9,11-12H2,1-2H3. The van der Waals surface area contributed by atoms with E-state index in [-0.39, 0.29) is 11.9 Å². The van der Waals surface area contributed by atoms with Crippen LogP contribution in [0.25, 0.3) is 0 Å². The number of hydrogen-bond donors (Lipinski definition) is 1. The van der Waals surface area contributed by atoms with Crippen molar-refractivity contribution in [3.8, 4) is 0 Å². The lowest BCUT2D eigenvalue weighted by atomic mass is 10.0. The van der Waals surface area contributed by atoms with E-state index in [1.54, 1.807) is 19.2 Å². The van der Waals surface area contributed by atoms with E-state index in [1.807, 2.05) is 18.2 Å². The van der Waals surface area contributed by atoms with Gasteiger partial charge in [0.15, 0.2) is 0 Å². The molecule has 0 amide bonds. The molecule has 1 N–H and O–H groups in total. The predicted molar refractivity (Wildman–Crippen MR) is 80.6 cm³/mol. The molecule has 1 heterocycles. The Bertz CT molecular complexity index is 553. The normalized spacial score (nSPS) is 12.5. The van der Waals surface area contributed by atoms with Gasteiger partial charge in [0.05, 0.1) is 6.04 Å². The average molecular weight is 291 g/mol. The number of hydrogen-bond acceptors (Lipinski definition) is 3. The van der Waals surface area contributed by atoms with E-state index in [0.29, 0.717) is 13.0 Å². The summed E-state index contributed by atoms with van der Waals surface area (Å²) in [6.45, 7) is 3.46. The summed E-state index contributed by atoms with van der Waals surface area (Å²) in [5.74, 6) is 1.45. The van der Waals surface area contributed by atoms with Crippen LogP contribution in [0.5, 0.6) is 0 Å². The van der Waals surface area contributed by atoms with Crippen LogP contribution in [0.3, 0.4) is 0 Å². The lowest BCUT2D eigenvalue weighted by molar-refractivity contribution is 0.161. The van der Waals surface area contributed by atoms with Crippen LogP contribution in [0.1, 0.15) is 36.5 Å². The van der Waals surface area contributed by atoms with E-state index < -0.39 is 0 Å². The Kier molecular flexibility index (Phi) is 5.96. The fourth-order valence-electron chi connectivity index (χ4n) is 2.29. The summed E-state index contributed by atoms with van der Waals surface area (Å²) in [5, 5.41) is 3.45. The third-order valence-corrected chi connectivity index (χ3v) is 3.28. The van der Waals surface area contributed by atoms with Crippen molar-refractivity contribution in [1.29, 1.82) is 0 Å². The number of rotatable bonds is 8. The zero-order valence-corrected chi connectivity index (χ0v) is 12.6. The number of benzene rings is 1. The van der Waals surface area contributed by atoms with Gasteiger partial charge in [-0.2, -0.15) is 0 Å². The minimum atomic E-state index is -0.207. The molecule has 4 heteroatoms. The Morgan fingerprint density at radius 3 is 2.86 bits per heavy atom. The SMILES string of the molecule is CCCNC(Cc1cccc(F)c1)c1ccc(COC)o1. The second-order valence-electron chi connectivity index (χ2n) is 5.08. The van der Waals surface area contributed by atoms with Gasteiger partial charge in [-0.05, 0) is 49.2 Å². The maximum absolute atomic E-state index is 13.3. The maximum atomic E-state index is 13.3. The molecule has 1 atom stereocenters. The Morgan fingerprint density at radius 2 is 2.14 bits per heavy atom. The number of ether oxygens (including phenoxy) is 1. The van der Waals surface area contributed by atoms with Crippen LogP contribution in [0.15, 0.2) is 40.8 Å². The van der Waals surface area contributed by atoms with E-state index >= 15 is 0 Å². The van der Waals surface area contributed by atoms with Crippen molar-refractivity contribution >= 4 is 0 Å². The molecule has 0 fully saturated rings. The quantitative estimate of drug-likeness (QED) is 0.802. The number of furan rings is 1. The highest BCUT2D eigenvalue weighted by Crippen LogP contribution is 2.22. The fraction of sp³-hybridized carbons (Fsp3) is 0.412. The summed E-state index contributed by atoms with van der Waals surface area (Å²) in [5.41, 5.74) is 0.952. The molecule has 0 spiro atoms. The van der Waals surface area contributed by atoms with Crippen molar-refractivity contribution in [2.24, 2.45) is 0 Å². The van der Waals surface area contributed by atoms with Crippen LogP contribution in [0, 0.1) is 5.82 Å². The molecule has 0 radical (unpaired) electrons. The van der Waals surface area contributed by atoms with Gasteiger partial charge in [0.1, 0.15) is 23.9 Å². The predicted octanol–water partition coefficient (Wildman–Crippen LogP) is 3.85.